The van der Waals surface area contributed by atoms with Crippen LogP contribution in [0.3, 0.4) is 0 Å². The van der Waals surface area contributed by atoms with E-state index in [0.717, 1.165) is 17.7 Å². The molecule has 1 aliphatic heterocycles. The molecule has 3 rings (SSSR count). The third-order valence-corrected chi connectivity index (χ3v) is 4.84. The first-order valence-electron chi connectivity index (χ1n) is 10.1. The summed E-state index contributed by atoms with van der Waals surface area (Å²) in [5.74, 6) is -0.154. The van der Waals surface area contributed by atoms with Crippen LogP contribution in [0.1, 0.15) is 50.9 Å². The molecule has 1 aromatic carbocycles. The third-order valence-electron chi connectivity index (χ3n) is 4.84. The Morgan fingerprint density at radius 1 is 1.17 bits per heavy atom. The monoisotopic (exact) mass is 395 g/mol. The van der Waals surface area contributed by atoms with Crippen molar-refractivity contribution < 1.29 is 14.3 Å². The molecular formula is C23H29N3O3. The van der Waals surface area contributed by atoms with Gasteiger partial charge in [0, 0.05) is 24.9 Å². The molecule has 0 bridgehead atoms. The van der Waals surface area contributed by atoms with Crippen LogP contribution >= 0.6 is 0 Å². The van der Waals surface area contributed by atoms with Gasteiger partial charge in [-0.2, -0.15) is 0 Å². The first-order chi connectivity index (χ1) is 13.8. The second kappa shape index (κ2) is 9.07. The van der Waals surface area contributed by atoms with Crippen LogP contribution in [0.4, 0.5) is 4.79 Å². The van der Waals surface area contributed by atoms with Gasteiger partial charge in [-0.15, -0.1) is 0 Å². The predicted molar refractivity (Wildman–Crippen MR) is 111 cm³/mol. The number of nitrogens with one attached hydrogen (secondary N) is 1. The van der Waals surface area contributed by atoms with E-state index in [1.807, 2.05) is 69.3 Å². The van der Waals surface area contributed by atoms with Crippen molar-refractivity contribution in [3.05, 3.63) is 66.0 Å². The highest BCUT2D eigenvalue weighted by molar-refractivity contribution is 5.86. The molecule has 1 fully saturated rings. The quantitative estimate of drug-likeness (QED) is 0.834. The Hall–Kier alpha value is -2.89. The molecule has 2 heterocycles. The maximum absolute atomic E-state index is 13.1. The topological polar surface area (TPSA) is 71.5 Å². The summed E-state index contributed by atoms with van der Waals surface area (Å²) in [6.07, 6.45) is 3.32. The Morgan fingerprint density at radius 2 is 1.90 bits per heavy atom. The SMILES string of the molecule is CC(C)(C)OC(=O)N1CCC[C@H]1C(=O)N[C@@H](Cc1ccccn1)c1ccccc1. The zero-order chi connectivity index (χ0) is 20.9. The van der Waals surface area contributed by atoms with Crippen molar-refractivity contribution in [2.24, 2.45) is 0 Å². The van der Waals surface area contributed by atoms with Crippen molar-refractivity contribution in [3.8, 4) is 0 Å². The first kappa shape index (κ1) is 20.8. The fraction of sp³-hybridized carbons (Fsp3) is 0.435. The smallest absolute Gasteiger partial charge is 0.410 e. The zero-order valence-corrected chi connectivity index (χ0v) is 17.3. The van der Waals surface area contributed by atoms with Crippen LogP contribution in [-0.2, 0) is 16.0 Å². The number of amides is 2. The Kier molecular flexibility index (Phi) is 6.52. The van der Waals surface area contributed by atoms with Crippen molar-refractivity contribution in [1.29, 1.82) is 0 Å². The summed E-state index contributed by atoms with van der Waals surface area (Å²) in [4.78, 5) is 31.6. The molecule has 1 saturated heterocycles. The summed E-state index contributed by atoms with van der Waals surface area (Å²) < 4.78 is 5.48. The molecule has 1 aromatic heterocycles. The molecule has 2 atom stereocenters. The van der Waals surface area contributed by atoms with Gasteiger partial charge in [0.25, 0.3) is 0 Å². The largest absolute Gasteiger partial charge is 0.444 e. The van der Waals surface area contributed by atoms with Crippen molar-refractivity contribution in [2.45, 2.75) is 57.7 Å². The average molecular weight is 396 g/mol. The second-order valence-corrected chi connectivity index (χ2v) is 8.33. The van der Waals surface area contributed by atoms with E-state index in [2.05, 4.69) is 10.3 Å². The average Bonchev–Trinajstić information content (AvgIpc) is 3.18. The van der Waals surface area contributed by atoms with Crippen LogP contribution in [0, 0.1) is 0 Å². The van der Waals surface area contributed by atoms with Gasteiger partial charge < -0.3 is 10.1 Å². The lowest BCUT2D eigenvalue weighted by Gasteiger charge is -2.29. The van der Waals surface area contributed by atoms with Gasteiger partial charge in [-0.1, -0.05) is 36.4 Å². The lowest BCUT2D eigenvalue weighted by molar-refractivity contribution is -0.126. The van der Waals surface area contributed by atoms with Crippen molar-refractivity contribution >= 4 is 12.0 Å². The summed E-state index contributed by atoms with van der Waals surface area (Å²) in [7, 11) is 0. The Bertz CT molecular complexity index is 818. The number of hydrogen-bond donors (Lipinski definition) is 1. The summed E-state index contributed by atoms with van der Waals surface area (Å²) in [5.41, 5.74) is 1.32. The highest BCUT2D eigenvalue weighted by Crippen LogP contribution is 2.23. The number of pyridine rings is 1. The van der Waals surface area contributed by atoms with Crippen molar-refractivity contribution in [2.75, 3.05) is 6.54 Å². The molecule has 6 heteroatoms. The number of aromatic nitrogens is 1. The lowest BCUT2D eigenvalue weighted by atomic mass is 10.0. The van der Waals surface area contributed by atoms with E-state index in [4.69, 9.17) is 4.74 Å². The molecule has 0 spiro atoms. The molecule has 0 unspecified atom stereocenters. The fourth-order valence-electron chi connectivity index (χ4n) is 3.51. The molecule has 6 nitrogen and oxygen atoms in total. The number of nitrogens with zero attached hydrogens (tertiary/aromatic N) is 2. The highest BCUT2D eigenvalue weighted by Gasteiger charge is 2.37. The predicted octanol–water partition coefficient (Wildman–Crippen LogP) is 3.88. The van der Waals surface area contributed by atoms with Crippen LogP contribution < -0.4 is 5.32 Å². The van der Waals surface area contributed by atoms with Crippen LogP contribution in [0.5, 0.6) is 0 Å². The molecule has 0 aliphatic carbocycles. The van der Waals surface area contributed by atoms with Gasteiger partial charge in [0.1, 0.15) is 11.6 Å². The number of likely N-dealkylation sites (tertiary alicyclic amines) is 1. The van der Waals surface area contributed by atoms with Gasteiger partial charge in [0.05, 0.1) is 6.04 Å². The number of benzene rings is 1. The first-order valence-corrected chi connectivity index (χ1v) is 10.1. The van der Waals surface area contributed by atoms with E-state index in [1.54, 1.807) is 11.1 Å². The Balaban J connectivity index is 1.74. The number of hydrogen-bond acceptors (Lipinski definition) is 4. The van der Waals surface area contributed by atoms with E-state index in [-0.39, 0.29) is 11.9 Å². The number of rotatable bonds is 5. The van der Waals surface area contributed by atoms with Gasteiger partial charge in [0.15, 0.2) is 0 Å². The van der Waals surface area contributed by atoms with Crippen LogP contribution in [0.2, 0.25) is 0 Å². The molecule has 0 saturated carbocycles. The Labute approximate surface area is 172 Å². The summed E-state index contributed by atoms with van der Waals surface area (Å²) in [6, 6.07) is 14.9. The van der Waals surface area contributed by atoms with E-state index in [9.17, 15) is 9.59 Å². The van der Waals surface area contributed by atoms with E-state index >= 15 is 0 Å². The van der Waals surface area contributed by atoms with Gasteiger partial charge in [0.2, 0.25) is 5.91 Å². The standard InChI is InChI=1S/C23H29N3O3/c1-23(2,3)29-22(28)26-15-9-13-20(26)21(27)25-19(17-10-5-4-6-11-17)16-18-12-7-8-14-24-18/h4-8,10-12,14,19-20H,9,13,15-16H2,1-3H3,(H,25,27)/t19-,20-/m0/s1. The molecule has 1 aliphatic rings. The molecule has 154 valence electrons. The maximum Gasteiger partial charge on any atom is 0.410 e. The van der Waals surface area contributed by atoms with Crippen molar-refractivity contribution in [1.82, 2.24) is 15.2 Å². The van der Waals surface area contributed by atoms with E-state index in [0.29, 0.717) is 19.4 Å². The third kappa shape index (κ3) is 5.79. The minimum absolute atomic E-state index is 0.154. The molecule has 2 amide bonds. The highest BCUT2D eigenvalue weighted by atomic mass is 16.6. The lowest BCUT2D eigenvalue weighted by Crippen LogP contribution is -2.48. The molecule has 0 radical (unpaired) electrons. The minimum Gasteiger partial charge on any atom is -0.444 e. The van der Waals surface area contributed by atoms with E-state index in [1.165, 1.54) is 0 Å². The van der Waals surface area contributed by atoms with E-state index < -0.39 is 17.7 Å². The minimum atomic E-state index is -0.591. The second-order valence-electron chi connectivity index (χ2n) is 8.33. The van der Waals surface area contributed by atoms with Gasteiger partial charge in [-0.3, -0.25) is 14.7 Å². The van der Waals surface area contributed by atoms with Crippen molar-refractivity contribution in [3.63, 3.8) is 0 Å². The van der Waals surface area contributed by atoms with Crippen LogP contribution in [0.15, 0.2) is 54.7 Å². The van der Waals surface area contributed by atoms with Gasteiger partial charge >= 0.3 is 6.09 Å². The molecule has 29 heavy (non-hydrogen) atoms. The van der Waals surface area contributed by atoms with Gasteiger partial charge in [-0.25, -0.2) is 4.79 Å². The molecule has 1 N–H and O–H groups in total. The zero-order valence-electron chi connectivity index (χ0n) is 17.3. The summed E-state index contributed by atoms with van der Waals surface area (Å²) >= 11 is 0. The van der Waals surface area contributed by atoms with Crippen LogP contribution in [0.25, 0.3) is 0 Å². The normalized spacial score (nSPS) is 17.6. The molecule has 2 aromatic rings. The van der Waals surface area contributed by atoms with Gasteiger partial charge in [-0.05, 0) is 51.3 Å². The number of carbonyl (C=O) groups is 2. The number of ether oxygens (including phenoxy) is 1. The summed E-state index contributed by atoms with van der Waals surface area (Å²) in [5, 5.41) is 3.14. The Morgan fingerprint density at radius 3 is 2.55 bits per heavy atom. The fourth-order valence-corrected chi connectivity index (χ4v) is 3.51. The maximum atomic E-state index is 13.1. The molecular weight excluding hydrogens is 366 g/mol. The van der Waals surface area contributed by atoms with Crippen LogP contribution in [-0.4, -0.2) is 40.1 Å². The summed E-state index contributed by atoms with van der Waals surface area (Å²) in [6.45, 7) is 6.01. The number of carbonyl (C=O) groups excluding carboxylic acids is 2.